The van der Waals surface area contributed by atoms with Crippen LogP contribution in [-0.2, 0) is 0 Å². The fourth-order valence-electron chi connectivity index (χ4n) is 2.33. The van der Waals surface area contributed by atoms with Gasteiger partial charge < -0.3 is 15.2 Å². The van der Waals surface area contributed by atoms with E-state index in [0.29, 0.717) is 5.95 Å². The first kappa shape index (κ1) is 12.5. The predicted octanol–water partition coefficient (Wildman–Crippen LogP) is 1.39. The fraction of sp³-hybridized carbons (Fsp3) is 0.308. The van der Waals surface area contributed by atoms with E-state index in [0.717, 1.165) is 24.3 Å². The van der Waals surface area contributed by atoms with E-state index in [4.69, 9.17) is 9.84 Å². The summed E-state index contributed by atoms with van der Waals surface area (Å²) in [6.45, 7) is 0.731. The van der Waals surface area contributed by atoms with Crippen LogP contribution in [0.4, 0.5) is 5.95 Å². The van der Waals surface area contributed by atoms with Crippen LogP contribution in [0.3, 0.4) is 0 Å². The Balaban J connectivity index is 1.97. The standard InChI is InChI=1S/C13H14N4O3/c1-20-9-4-2-8(3-5-9)10-6-7-14-13-15-11(12(18)19)16-17(10)13/h2-5,10H,6-7H2,1H3,(H,18,19)(H,14,15,16). The van der Waals surface area contributed by atoms with Crippen molar-refractivity contribution in [1.29, 1.82) is 0 Å². The first-order valence-electron chi connectivity index (χ1n) is 6.26. The van der Waals surface area contributed by atoms with E-state index >= 15 is 0 Å². The van der Waals surface area contributed by atoms with Crippen molar-refractivity contribution in [2.24, 2.45) is 0 Å². The predicted molar refractivity (Wildman–Crippen MR) is 71.2 cm³/mol. The molecule has 0 fully saturated rings. The number of aromatic nitrogens is 3. The van der Waals surface area contributed by atoms with E-state index in [1.807, 2.05) is 24.3 Å². The molecule has 0 amide bonds. The lowest BCUT2D eigenvalue weighted by molar-refractivity contribution is 0.0683. The molecule has 2 aromatic rings. The molecule has 0 spiro atoms. The quantitative estimate of drug-likeness (QED) is 0.879. The maximum atomic E-state index is 11.0. The lowest BCUT2D eigenvalue weighted by atomic mass is 10.0. The zero-order chi connectivity index (χ0) is 14.1. The number of rotatable bonds is 3. The van der Waals surface area contributed by atoms with Gasteiger partial charge in [0.15, 0.2) is 0 Å². The van der Waals surface area contributed by atoms with Gasteiger partial charge in [0.2, 0.25) is 5.95 Å². The van der Waals surface area contributed by atoms with Crippen molar-refractivity contribution in [3.8, 4) is 5.75 Å². The Morgan fingerprint density at radius 2 is 2.20 bits per heavy atom. The van der Waals surface area contributed by atoms with Gasteiger partial charge in [-0.3, -0.25) is 0 Å². The van der Waals surface area contributed by atoms with Crippen LogP contribution >= 0.6 is 0 Å². The second-order valence-electron chi connectivity index (χ2n) is 4.51. The van der Waals surface area contributed by atoms with Gasteiger partial charge in [-0.25, -0.2) is 9.48 Å². The van der Waals surface area contributed by atoms with Crippen LogP contribution in [0.15, 0.2) is 24.3 Å². The molecule has 7 nitrogen and oxygen atoms in total. The Kier molecular flexibility index (Phi) is 3.02. The highest BCUT2D eigenvalue weighted by Crippen LogP contribution is 2.29. The molecular formula is C13H14N4O3. The minimum absolute atomic E-state index is 0.0160. The molecule has 0 radical (unpaired) electrons. The Bertz CT molecular complexity index is 636. The molecule has 1 unspecified atom stereocenters. The number of carboxylic acids is 1. The Morgan fingerprint density at radius 1 is 1.45 bits per heavy atom. The van der Waals surface area contributed by atoms with Gasteiger partial charge in [0, 0.05) is 6.54 Å². The number of hydrogen-bond donors (Lipinski definition) is 2. The van der Waals surface area contributed by atoms with Crippen LogP contribution in [0.1, 0.15) is 28.6 Å². The van der Waals surface area contributed by atoms with Gasteiger partial charge in [0.25, 0.3) is 5.82 Å². The summed E-state index contributed by atoms with van der Waals surface area (Å²) in [6, 6.07) is 7.66. The van der Waals surface area contributed by atoms with Gasteiger partial charge in [-0.05, 0) is 24.1 Å². The molecule has 0 aliphatic carbocycles. The van der Waals surface area contributed by atoms with Crippen molar-refractivity contribution in [3.05, 3.63) is 35.7 Å². The Morgan fingerprint density at radius 3 is 2.85 bits per heavy atom. The summed E-state index contributed by atoms with van der Waals surface area (Å²) in [4.78, 5) is 14.9. The number of nitrogens with one attached hydrogen (secondary N) is 1. The van der Waals surface area contributed by atoms with Crippen LogP contribution in [0, 0.1) is 0 Å². The van der Waals surface area contributed by atoms with Gasteiger partial charge in [0.05, 0.1) is 13.2 Å². The largest absolute Gasteiger partial charge is 0.497 e. The van der Waals surface area contributed by atoms with E-state index in [-0.39, 0.29) is 11.9 Å². The van der Waals surface area contributed by atoms with Crippen LogP contribution in [0.2, 0.25) is 0 Å². The van der Waals surface area contributed by atoms with Crippen LogP contribution in [0.25, 0.3) is 0 Å². The molecule has 0 saturated heterocycles. The van der Waals surface area contributed by atoms with Crippen LogP contribution < -0.4 is 10.1 Å². The number of nitrogens with zero attached hydrogens (tertiary/aromatic N) is 3. The number of aromatic carboxylic acids is 1. The van der Waals surface area contributed by atoms with Crippen molar-refractivity contribution in [1.82, 2.24) is 14.8 Å². The third kappa shape index (κ3) is 2.07. The van der Waals surface area contributed by atoms with Crippen LogP contribution in [0.5, 0.6) is 5.75 Å². The normalized spacial score (nSPS) is 17.1. The molecule has 20 heavy (non-hydrogen) atoms. The molecule has 2 N–H and O–H groups in total. The molecule has 7 heteroatoms. The van der Waals surface area contributed by atoms with E-state index in [1.165, 1.54) is 0 Å². The first-order valence-corrected chi connectivity index (χ1v) is 6.26. The summed E-state index contributed by atoms with van der Waals surface area (Å²) in [5.74, 6) is -0.0303. The molecule has 2 heterocycles. The molecule has 104 valence electrons. The van der Waals surface area contributed by atoms with Crippen molar-refractivity contribution < 1.29 is 14.6 Å². The van der Waals surface area contributed by atoms with E-state index in [9.17, 15) is 4.79 Å². The average Bonchev–Trinajstić information content (AvgIpc) is 2.91. The highest BCUT2D eigenvalue weighted by atomic mass is 16.5. The fourth-order valence-corrected chi connectivity index (χ4v) is 2.33. The smallest absolute Gasteiger partial charge is 0.375 e. The summed E-state index contributed by atoms with van der Waals surface area (Å²) in [6.07, 6.45) is 0.821. The number of carbonyl (C=O) groups is 1. The van der Waals surface area contributed by atoms with E-state index in [2.05, 4.69) is 15.4 Å². The first-order chi connectivity index (χ1) is 9.69. The van der Waals surface area contributed by atoms with Crippen molar-refractivity contribution in [2.45, 2.75) is 12.5 Å². The molecule has 3 rings (SSSR count). The average molecular weight is 274 g/mol. The number of fused-ring (bicyclic) bond motifs is 1. The maximum Gasteiger partial charge on any atom is 0.375 e. The number of hydrogen-bond acceptors (Lipinski definition) is 5. The molecule has 1 aliphatic heterocycles. The van der Waals surface area contributed by atoms with Gasteiger partial charge in [0.1, 0.15) is 5.75 Å². The topological polar surface area (TPSA) is 89.3 Å². The number of benzene rings is 1. The van der Waals surface area contributed by atoms with Crippen molar-refractivity contribution in [3.63, 3.8) is 0 Å². The zero-order valence-electron chi connectivity index (χ0n) is 10.9. The van der Waals surface area contributed by atoms with Crippen molar-refractivity contribution >= 4 is 11.9 Å². The highest BCUT2D eigenvalue weighted by molar-refractivity contribution is 5.83. The van der Waals surface area contributed by atoms with E-state index in [1.54, 1.807) is 11.8 Å². The second-order valence-corrected chi connectivity index (χ2v) is 4.51. The highest BCUT2D eigenvalue weighted by Gasteiger charge is 2.26. The molecule has 1 aromatic carbocycles. The lowest BCUT2D eigenvalue weighted by Crippen LogP contribution is -2.24. The SMILES string of the molecule is COc1ccc(C2CCNc3nc(C(=O)O)nn32)cc1. The van der Waals surface area contributed by atoms with Gasteiger partial charge in [-0.15, -0.1) is 5.10 Å². The van der Waals surface area contributed by atoms with Gasteiger partial charge >= 0.3 is 5.97 Å². The monoisotopic (exact) mass is 274 g/mol. The molecule has 0 saturated carbocycles. The number of methoxy groups -OCH3 is 1. The summed E-state index contributed by atoms with van der Waals surface area (Å²) in [5, 5.41) is 16.1. The maximum absolute atomic E-state index is 11.0. The lowest BCUT2D eigenvalue weighted by Gasteiger charge is -2.24. The van der Waals surface area contributed by atoms with E-state index < -0.39 is 5.97 Å². The summed E-state index contributed by atoms with van der Waals surface area (Å²) < 4.78 is 6.77. The Labute approximate surface area is 115 Å². The number of ether oxygens (including phenoxy) is 1. The minimum atomic E-state index is -1.12. The van der Waals surface area contributed by atoms with Crippen molar-refractivity contribution in [2.75, 3.05) is 19.0 Å². The molecule has 1 atom stereocenters. The van der Waals surface area contributed by atoms with Crippen LogP contribution in [-0.4, -0.2) is 39.5 Å². The summed E-state index contributed by atoms with van der Waals surface area (Å²) >= 11 is 0. The summed E-state index contributed by atoms with van der Waals surface area (Å²) in [5.41, 5.74) is 1.05. The molecular weight excluding hydrogens is 260 g/mol. The molecule has 1 aromatic heterocycles. The third-order valence-corrected chi connectivity index (χ3v) is 3.32. The third-order valence-electron chi connectivity index (χ3n) is 3.32. The number of anilines is 1. The summed E-state index contributed by atoms with van der Waals surface area (Å²) in [7, 11) is 1.62. The number of carboxylic acid groups (broad SMARTS) is 1. The second kappa shape index (κ2) is 4.84. The zero-order valence-corrected chi connectivity index (χ0v) is 10.9. The van der Waals surface area contributed by atoms with Gasteiger partial charge in [-0.1, -0.05) is 12.1 Å². The Hall–Kier alpha value is -2.57. The minimum Gasteiger partial charge on any atom is -0.497 e. The molecule has 1 aliphatic rings. The van der Waals surface area contributed by atoms with Gasteiger partial charge in [-0.2, -0.15) is 4.98 Å². The molecule has 0 bridgehead atoms.